The first-order chi connectivity index (χ1) is 10.9. The van der Waals surface area contributed by atoms with Crippen LogP contribution in [-0.2, 0) is 4.79 Å². The molecule has 0 amide bonds. The van der Waals surface area contributed by atoms with E-state index in [1.54, 1.807) is 30.3 Å². The van der Waals surface area contributed by atoms with Gasteiger partial charge in [-0.1, -0.05) is 23.7 Å². The van der Waals surface area contributed by atoms with E-state index in [4.69, 9.17) is 27.5 Å². The Morgan fingerprint density at radius 2 is 1.92 bits per heavy atom. The summed E-state index contributed by atoms with van der Waals surface area (Å²) < 4.78 is 0. The molecule has 0 unspecified atom stereocenters. The minimum atomic E-state index is -1.13. The van der Waals surface area contributed by atoms with Gasteiger partial charge in [0.25, 0.3) is 0 Å². The summed E-state index contributed by atoms with van der Waals surface area (Å²) in [5, 5.41) is 18.4. The molecule has 0 aliphatic heterocycles. The fraction of sp³-hybridized carbons (Fsp3) is 0.188. The summed E-state index contributed by atoms with van der Waals surface area (Å²) in [6.07, 6.45) is -0.0971. The van der Waals surface area contributed by atoms with Crippen LogP contribution in [-0.4, -0.2) is 33.7 Å². The van der Waals surface area contributed by atoms with E-state index in [1.165, 1.54) is 6.07 Å². The summed E-state index contributed by atoms with van der Waals surface area (Å²) in [4.78, 5) is 26.0. The number of nitrogens with two attached hydrogens (primary N) is 1. The Morgan fingerprint density at radius 1 is 1.21 bits per heavy atom. The molecule has 0 radical (unpaired) electrons. The molecule has 8 heteroatoms. The van der Waals surface area contributed by atoms with Crippen LogP contribution in [0.2, 0.25) is 5.02 Å². The quantitative estimate of drug-likeness (QED) is 0.719. The van der Waals surface area contributed by atoms with Crippen LogP contribution >= 0.6 is 24.0 Å². The Hall–Kier alpha value is -2.15. The molecule has 0 saturated heterocycles. The molecule has 2 rings (SSSR count). The molecule has 128 valence electrons. The standard InChI is InChI=1S/C16H15ClN2O4.ClH/c17-12-5-4-9(10(8-18)7-15(20)21)6-11(12)13-2-1-3-14(19-13)16(22)23;/h1-6,10H,7-8,18H2,(H,20,21)(H,22,23);1H/t10-;/m0./s1. The average Bonchev–Trinajstić information content (AvgIpc) is 2.53. The molecule has 0 fully saturated rings. The van der Waals surface area contributed by atoms with Crippen LogP contribution < -0.4 is 5.73 Å². The lowest BCUT2D eigenvalue weighted by atomic mass is 9.93. The number of carboxylic acid groups (broad SMARTS) is 2. The van der Waals surface area contributed by atoms with E-state index in [9.17, 15) is 9.59 Å². The molecule has 2 aromatic rings. The summed E-state index contributed by atoms with van der Waals surface area (Å²) in [5.41, 5.74) is 7.22. The van der Waals surface area contributed by atoms with E-state index in [-0.39, 0.29) is 37.0 Å². The average molecular weight is 371 g/mol. The van der Waals surface area contributed by atoms with E-state index < -0.39 is 11.9 Å². The number of hydrogen-bond donors (Lipinski definition) is 3. The topological polar surface area (TPSA) is 114 Å². The number of carboxylic acids is 2. The van der Waals surface area contributed by atoms with Crippen LogP contribution in [0.15, 0.2) is 36.4 Å². The number of halogens is 2. The number of carbonyl (C=O) groups is 2. The zero-order chi connectivity index (χ0) is 17.0. The Balaban J connectivity index is 0.00000288. The molecule has 1 aromatic heterocycles. The van der Waals surface area contributed by atoms with Crippen molar-refractivity contribution in [2.45, 2.75) is 12.3 Å². The lowest BCUT2D eigenvalue weighted by molar-refractivity contribution is -0.137. The van der Waals surface area contributed by atoms with Gasteiger partial charge in [-0.2, -0.15) is 0 Å². The maximum Gasteiger partial charge on any atom is 0.354 e. The van der Waals surface area contributed by atoms with Crippen LogP contribution in [0.3, 0.4) is 0 Å². The predicted octanol–water partition coefficient (Wildman–Crippen LogP) is 3.04. The molecule has 1 heterocycles. The van der Waals surface area contributed by atoms with Gasteiger partial charge in [-0.15, -0.1) is 12.4 Å². The Kier molecular flexibility index (Phi) is 7.16. The smallest absolute Gasteiger partial charge is 0.354 e. The second-order valence-corrected chi connectivity index (χ2v) is 5.39. The summed E-state index contributed by atoms with van der Waals surface area (Å²) >= 11 is 6.18. The van der Waals surface area contributed by atoms with E-state index in [2.05, 4.69) is 4.98 Å². The molecule has 0 spiro atoms. The maximum absolute atomic E-state index is 11.0. The minimum absolute atomic E-state index is 0. The summed E-state index contributed by atoms with van der Waals surface area (Å²) in [7, 11) is 0. The van der Waals surface area contributed by atoms with Crippen molar-refractivity contribution in [3.8, 4) is 11.3 Å². The molecule has 6 nitrogen and oxygen atoms in total. The molecular weight excluding hydrogens is 355 g/mol. The molecule has 4 N–H and O–H groups in total. The van der Waals surface area contributed by atoms with Gasteiger partial charge in [-0.05, 0) is 36.4 Å². The van der Waals surface area contributed by atoms with Gasteiger partial charge in [0.15, 0.2) is 0 Å². The molecule has 0 aliphatic carbocycles. The number of nitrogens with zero attached hydrogens (tertiary/aromatic N) is 1. The van der Waals surface area contributed by atoms with Crippen LogP contribution in [0.4, 0.5) is 0 Å². The molecule has 0 bridgehead atoms. The number of pyridine rings is 1. The first kappa shape index (κ1) is 19.9. The van der Waals surface area contributed by atoms with Gasteiger partial charge >= 0.3 is 11.9 Å². The molecule has 24 heavy (non-hydrogen) atoms. The highest BCUT2D eigenvalue weighted by Gasteiger charge is 2.17. The van der Waals surface area contributed by atoms with E-state index in [1.807, 2.05) is 0 Å². The van der Waals surface area contributed by atoms with E-state index in [0.717, 1.165) is 5.56 Å². The zero-order valence-electron chi connectivity index (χ0n) is 12.5. The van der Waals surface area contributed by atoms with Crippen molar-refractivity contribution in [2.24, 2.45) is 5.73 Å². The van der Waals surface area contributed by atoms with Crippen molar-refractivity contribution in [1.82, 2.24) is 4.98 Å². The third-order valence-electron chi connectivity index (χ3n) is 3.41. The monoisotopic (exact) mass is 370 g/mol. The lowest BCUT2D eigenvalue weighted by Crippen LogP contribution is -2.16. The Bertz CT molecular complexity index is 753. The second kappa shape index (κ2) is 8.63. The largest absolute Gasteiger partial charge is 0.481 e. The van der Waals surface area contributed by atoms with E-state index in [0.29, 0.717) is 16.3 Å². The highest BCUT2D eigenvalue weighted by molar-refractivity contribution is 6.33. The third-order valence-corrected chi connectivity index (χ3v) is 3.74. The number of rotatable bonds is 6. The first-order valence-corrected chi connectivity index (χ1v) is 7.22. The van der Waals surface area contributed by atoms with Crippen molar-refractivity contribution < 1.29 is 19.8 Å². The van der Waals surface area contributed by atoms with Crippen molar-refractivity contribution in [1.29, 1.82) is 0 Å². The van der Waals surface area contributed by atoms with Gasteiger partial charge in [0.05, 0.1) is 12.1 Å². The number of aromatic carboxylic acids is 1. The van der Waals surface area contributed by atoms with Crippen molar-refractivity contribution in [3.63, 3.8) is 0 Å². The molecule has 0 aliphatic rings. The van der Waals surface area contributed by atoms with Gasteiger partial charge in [-0.3, -0.25) is 4.79 Å². The third kappa shape index (κ3) is 4.67. The Labute approximate surface area is 149 Å². The van der Waals surface area contributed by atoms with Gasteiger partial charge in [0.1, 0.15) is 5.69 Å². The number of hydrogen-bond acceptors (Lipinski definition) is 4. The van der Waals surface area contributed by atoms with Crippen molar-refractivity contribution in [2.75, 3.05) is 6.54 Å². The van der Waals surface area contributed by atoms with Crippen LogP contribution in [0.25, 0.3) is 11.3 Å². The molecule has 0 saturated carbocycles. The summed E-state index contributed by atoms with van der Waals surface area (Å²) in [6, 6.07) is 9.66. The van der Waals surface area contributed by atoms with Gasteiger partial charge in [-0.25, -0.2) is 9.78 Å². The van der Waals surface area contributed by atoms with Crippen molar-refractivity contribution >= 4 is 35.9 Å². The highest BCUT2D eigenvalue weighted by atomic mass is 35.5. The predicted molar refractivity (Wildman–Crippen MR) is 92.9 cm³/mol. The first-order valence-electron chi connectivity index (χ1n) is 6.84. The maximum atomic E-state index is 11.0. The minimum Gasteiger partial charge on any atom is -0.481 e. The van der Waals surface area contributed by atoms with Gasteiger partial charge < -0.3 is 15.9 Å². The van der Waals surface area contributed by atoms with E-state index >= 15 is 0 Å². The zero-order valence-corrected chi connectivity index (χ0v) is 14.0. The lowest BCUT2D eigenvalue weighted by Gasteiger charge is -2.15. The number of aromatic nitrogens is 1. The summed E-state index contributed by atoms with van der Waals surface area (Å²) in [6.45, 7) is 0.177. The van der Waals surface area contributed by atoms with Gasteiger partial charge in [0.2, 0.25) is 0 Å². The van der Waals surface area contributed by atoms with Crippen LogP contribution in [0.1, 0.15) is 28.4 Å². The molecule has 1 atom stereocenters. The summed E-state index contributed by atoms with van der Waals surface area (Å²) in [5.74, 6) is -2.43. The van der Waals surface area contributed by atoms with Crippen LogP contribution in [0, 0.1) is 0 Å². The van der Waals surface area contributed by atoms with Gasteiger partial charge in [0, 0.05) is 16.5 Å². The second-order valence-electron chi connectivity index (χ2n) is 4.98. The fourth-order valence-corrected chi connectivity index (χ4v) is 2.46. The number of aliphatic carboxylic acids is 1. The Morgan fingerprint density at radius 3 is 2.50 bits per heavy atom. The van der Waals surface area contributed by atoms with Crippen LogP contribution in [0.5, 0.6) is 0 Å². The van der Waals surface area contributed by atoms with Crippen molar-refractivity contribution in [3.05, 3.63) is 52.7 Å². The number of benzene rings is 1. The normalized spacial score (nSPS) is 11.4. The SMILES string of the molecule is Cl.NC[C@H](CC(=O)O)c1ccc(Cl)c(-c2cccc(C(=O)O)n2)c1. The highest BCUT2D eigenvalue weighted by Crippen LogP contribution is 2.31. The molecule has 1 aromatic carbocycles. The molecular formula is C16H16Cl2N2O4. The fourth-order valence-electron chi connectivity index (χ4n) is 2.24.